The van der Waals surface area contributed by atoms with Gasteiger partial charge in [0.1, 0.15) is 5.78 Å². The van der Waals surface area contributed by atoms with Crippen molar-refractivity contribution in [2.24, 2.45) is 16.3 Å². The second-order valence-electron chi connectivity index (χ2n) is 7.01. The molecule has 0 bridgehead atoms. The van der Waals surface area contributed by atoms with Crippen molar-refractivity contribution in [3.8, 4) is 0 Å². The summed E-state index contributed by atoms with van der Waals surface area (Å²) in [6.45, 7) is 14.2. The molecule has 0 N–H and O–H groups in total. The van der Waals surface area contributed by atoms with Crippen LogP contribution in [0, 0.1) is 11.3 Å². The maximum Gasteiger partial charge on any atom is 0.146 e. The summed E-state index contributed by atoms with van der Waals surface area (Å²) in [5.74, 6) is 0.502. The van der Waals surface area contributed by atoms with Gasteiger partial charge in [0, 0.05) is 30.7 Å². The number of carbonyl (C=O) groups is 1. The predicted molar refractivity (Wildman–Crippen MR) is 90.2 cm³/mol. The zero-order valence-electron chi connectivity index (χ0n) is 15.2. The van der Waals surface area contributed by atoms with Crippen molar-refractivity contribution < 1.29 is 9.53 Å². The lowest BCUT2D eigenvalue weighted by atomic mass is 9.84. The second kappa shape index (κ2) is 9.31. The lowest BCUT2D eigenvalue weighted by molar-refractivity contribution is -0.128. The molecular weight excluding hydrogens is 264 g/mol. The zero-order valence-corrected chi connectivity index (χ0v) is 15.2. The van der Waals surface area contributed by atoms with Crippen LogP contribution in [0.1, 0.15) is 48.0 Å². The molecule has 0 aliphatic carbocycles. The van der Waals surface area contributed by atoms with Crippen LogP contribution in [0.5, 0.6) is 0 Å². The number of rotatable bonds is 10. The Morgan fingerprint density at radius 3 is 2.24 bits per heavy atom. The van der Waals surface area contributed by atoms with Crippen molar-refractivity contribution in [2.75, 3.05) is 33.9 Å². The number of aliphatic imine (C=N–C) groups is 1. The fourth-order valence-electron chi connectivity index (χ4n) is 2.09. The van der Waals surface area contributed by atoms with E-state index in [1.165, 1.54) is 0 Å². The summed E-state index contributed by atoms with van der Waals surface area (Å²) in [5, 5.41) is 0. The Hall–Kier alpha value is -0.740. The average Bonchev–Trinajstić information content (AvgIpc) is 2.34. The number of hydrogen-bond donors (Lipinski definition) is 0. The van der Waals surface area contributed by atoms with Crippen LogP contribution < -0.4 is 0 Å². The third kappa shape index (κ3) is 8.32. The van der Waals surface area contributed by atoms with Gasteiger partial charge in [-0.05, 0) is 33.9 Å². The van der Waals surface area contributed by atoms with Crippen LogP contribution in [-0.2, 0) is 9.53 Å². The van der Waals surface area contributed by atoms with Gasteiger partial charge in [-0.2, -0.15) is 0 Å². The maximum atomic E-state index is 12.5. The van der Waals surface area contributed by atoms with Crippen molar-refractivity contribution in [2.45, 2.75) is 54.0 Å². The van der Waals surface area contributed by atoms with Crippen molar-refractivity contribution in [1.82, 2.24) is 4.90 Å². The van der Waals surface area contributed by atoms with Gasteiger partial charge >= 0.3 is 0 Å². The van der Waals surface area contributed by atoms with Gasteiger partial charge < -0.3 is 9.64 Å². The molecule has 0 saturated heterocycles. The number of hydrogen-bond acceptors (Lipinski definition) is 4. The van der Waals surface area contributed by atoms with E-state index >= 15 is 0 Å². The van der Waals surface area contributed by atoms with Gasteiger partial charge in [-0.1, -0.05) is 27.7 Å². The van der Waals surface area contributed by atoms with Crippen LogP contribution in [0.3, 0.4) is 0 Å². The van der Waals surface area contributed by atoms with Gasteiger partial charge in [0.2, 0.25) is 0 Å². The molecule has 21 heavy (non-hydrogen) atoms. The molecular formula is C17H34N2O2. The third-order valence-corrected chi connectivity index (χ3v) is 3.45. The highest BCUT2D eigenvalue weighted by atomic mass is 16.5. The Balaban J connectivity index is 4.85. The fourth-order valence-corrected chi connectivity index (χ4v) is 2.09. The van der Waals surface area contributed by atoms with Gasteiger partial charge in [-0.15, -0.1) is 0 Å². The van der Waals surface area contributed by atoms with E-state index in [4.69, 9.17) is 9.73 Å². The van der Waals surface area contributed by atoms with E-state index in [0.717, 1.165) is 12.3 Å². The maximum absolute atomic E-state index is 12.5. The number of likely N-dealkylation sites (N-methyl/N-ethyl adjacent to an activating group) is 1. The largest absolute Gasteiger partial charge is 0.381 e. The molecule has 124 valence electrons. The first kappa shape index (κ1) is 20.3. The summed E-state index contributed by atoms with van der Waals surface area (Å²) in [6.07, 6.45) is 0.426. The molecule has 4 heteroatoms. The molecule has 0 aliphatic heterocycles. The van der Waals surface area contributed by atoms with Crippen LogP contribution in [0.2, 0.25) is 0 Å². The van der Waals surface area contributed by atoms with Crippen molar-refractivity contribution >= 4 is 11.5 Å². The predicted octanol–water partition coefficient (Wildman–Crippen LogP) is 3.06. The molecule has 0 heterocycles. The Kier molecular flexibility index (Phi) is 8.98. The fraction of sp³-hybridized carbons (Fsp3) is 0.882. The Bertz CT molecular complexity index is 347. The molecule has 0 aliphatic rings. The van der Waals surface area contributed by atoms with Gasteiger partial charge in [0.05, 0.1) is 12.6 Å². The first-order valence-electron chi connectivity index (χ1n) is 7.92. The molecule has 1 atom stereocenters. The van der Waals surface area contributed by atoms with Crippen LogP contribution >= 0.6 is 0 Å². The minimum absolute atomic E-state index is 0.209. The first-order valence-corrected chi connectivity index (χ1v) is 7.92. The van der Waals surface area contributed by atoms with E-state index in [9.17, 15) is 4.79 Å². The van der Waals surface area contributed by atoms with Gasteiger partial charge in [0.25, 0.3) is 0 Å². The Morgan fingerprint density at radius 1 is 1.24 bits per heavy atom. The Morgan fingerprint density at radius 2 is 1.81 bits per heavy atom. The average molecular weight is 298 g/mol. The summed E-state index contributed by atoms with van der Waals surface area (Å²) in [6, 6.07) is 0.209. The number of Topliss-reactive ketones (excluding diaryl/α,β-unsaturated/α-hetero) is 1. The third-order valence-electron chi connectivity index (χ3n) is 3.45. The first-order chi connectivity index (χ1) is 9.60. The number of carbonyl (C=O) groups excluding carboxylic acids is 1. The van der Waals surface area contributed by atoms with Crippen molar-refractivity contribution in [3.05, 3.63) is 0 Å². The SMILES string of the molecule is CCOCC(C)(C)C(=O)C/C(=N/C(C)CN(C)C)C(C)C. The minimum atomic E-state index is -0.448. The number of nitrogens with zero attached hydrogens (tertiary/aromatic N) is 2. The molecule has 0 rings (SSSR count). The smallest absolute Gasteiger partial charge is 0.146 e. The molecule has 0 radical (unpaired) electrons. The van der Waals surface area contributed by atoms with E-state index in [1.54, 1.807) is 0 Å². The lowest BCUT2D eigenvalue weighted by Crippen LogP contribution is -2.33. The molecule has 0 aromatic heterocycles. The molecule has 4 nitrogen and oxygen atoms in total. The molecule has 0 aromatic carbocycles. The number of ether oxygens (including phenoxy) is 1. The van der Waals surface area contributed by atoms with E-state index in [1.807, 2.05) is 34.9 Å². The normalized spacial score (nSPS) is 14.9. The summed E-state index contributed by atoms with van der Waals surface area (Å²) in [5.41, 5.74) is 0.551. The summed E-state index contributed by atoms with van der Waals surface area (Å²) in [7, 11) is 4.08. The van der Waals surface area contributed by atoms with E-state index in [-0.39, 0.29) is 11.8 Å². The van der Waals surface area contributed by atoms with Crippen LogP contribution in [0.4, 0.5) is 0 Å². The van der Waals surface area contributed by atoms with Crippen LogP contribution in [0.15, 0.2) is 4.99 Å². The molecule has 1 unspecified atom stereocenters. The highest BCUT2D eigenvalue weighted by Crippen LogP contribution is 2.21. The molecule has 0 fully saturated rings. The van der Waals surface area contributed by atoms with Gasteiger partial charge in [0.15, 0.2) is 0 Å². The monoisotopic (exact) mass is 298 g/mol. The summed E-state index contributed by atoms with van der Waals surface area (Å²) in [4.78, 5) is 19.4. The van der Waals surface area contributed by atoms with Crippen molar-refractivity contribution in [1.29, 1.82) is 0 Å². The topological polar surface area (TPSA) is 41.9 Å². The molecule has 0 saturated carbocycles. The quantitative estimate of drug-likeness (QED) is 0.582. The standard InChI is InChI=1S/C17H34N2O2/c1-9-21-12-17(5,6)16(20)10-15(13(2)3)18-14(4)11-19(7)8/h13-14H,9-12H2,1-8H3/b18-15-. The van der Waals surface area contributed by atoms with Gasteiger partial charge in [-0.3, -0.25) is 9.79 Å². The number of ketones is 1. The highest BCUT2D eigenvalue weighted by Gasteiger charge is 2.29. The van der Waals surface area contributed by atoms with E-state index < -0.39 is 5.41 Å². The summed E-state index contributed by atoms with van der Waals surface area (Å²) < 4.78 is 5.43. The van der Waals surface area contributed by atoms with Crippen molar-refractivity contribution in [3.63, 3.8) is 0 Å². The summed E-state index contributed by atoms with van der Waals surface area (Å²) >= 11 is 0. The Labute approximate surface area is 131 Å². The molecule has 0 amide bonds. The van der Waals surface area contributed by atoms with Crippen LogP contribution in [0.25, 0.3) is 0 Å². The minimum Gasteiger partial charge on any atom is -0.381 e. The van der Waals surface area contributed by atoms with Gasteiger partial charge in [-0.25, -0.2) is 0 Å². The lowest BCUT2D eigenvalue weighted by Gasteiger charge is -2.24. The van der Waals surface area contributed by atoms with E-state index in [0.29, 0.717) is 25.6 Å². The second-order valence-corrected chi connectivity index (χ2v) is 7.01. The molecule has 0 spiro atoms. The zero-order chi connectivity index (χ0) is 16.6. The highest BCUT2D eigenvalue weighted by molar-refractivity contribution is 6.04. The van der Waals surface area contributed by atoms with Crippen LogP contribution in [-0.4, -0.2) is 56.3 Å². The van der Waals surface area contributed by atoms with E-state index in [2.05, 4.69) is 25.7 Å². The molecule has 0 aromatic rings.